The van der Waals surface area contributed by atoms with Crippen molar-refractivity contribution >= 4 is 34.3 Å². The average molecular weight is 1170 g/mol. The summed E-state index contributed by atoms with van der Waals surface area (Å²) in [6.45, 7) is 4.17. The largest absolute Gasteiger partial charge is 0.573 e. The van der Waals surface area contributed by atoms with Crippen LogP contribution in [0.15, 0.2) is 158 Å². The number of hydrogen-bond donors (Lipinski definition) is 0. The Morgan fingerprint density at radius 2 is 1.05 bits per heavy atom. The minimum absolute atomic E-state index is 0.0194. The number of imidazole rings is 1. The molecule has 0 aliphatic carbocycles. The van der Waals surface area contributed by atoms with Gasteiger partial charge < -0.3 is 23.5 Å². The Balaban J connectivity index is 0.000000191. The number of halogens is 7. The number of aromatic nitrogens is 8. The maximum Gasteiger partial charge on any atom is 0.573 e. The van der Waals surface area contributed by atoms with Crippen LogP contribution in [-0.2, 0) is 58.9 Å². The van der Waals surface area contributed by atoms with E-state index in [1.165, 1.54) is 65.2 Å². The second-order valence-electron chi connectivity index (χ2n) is 19.1. The summed E-state index contributed by atoms with van der Waals surface area (Å²) in [7, 11) is 6.16. The van der Waals surface area contributed by atoms with Crippen LogP contribution < -0.4 is 41.4 Å². The van der Waals surface area contributed by atoms with Gasteiger partial charge in [0.05, 0.1) is 56.7 Å². The zero-order valence-corrected chi connectivity index (χ0v) is 46.3. The molecular weight excluding hydrogens is 1110 g/mol. The summed E-state index contributed by atoms with van der Waals surface area (Å²) < 4.78 is 101. The van der Waals surface area contributed by atoms with Gasteiger partial charge >= 0.3 is 24.1 Å². The van der Waals surface area contributed by atoms with Crippen LogP contribution in [0.5, 0.6) is 23.0 Å². The fourth-order valence-electron chi connectivity index (χ4n) is 8.89. The predicted molar refractivity (Wildman–Crippen MR) is 300 cm³/mol. The number of pyridine rings is 2. The van der Waals surface area contributed by atoms with Crippen LogP contribution in [0.1, 0.15) is 56.2 Å². The zero-order valence-electron chi connectivity index (χ0n) is 45.6. The lowest BCUT2D eigenvalue weighted by Gasteiger charge is -2.12. The van der Waals surface area contributed by atoms with Crippen molar-refractivity contribution in [1.29, 1.82) is 0 Å². The number of fused-ring (bicyclic) bond motifs is 2. The van der Waals surface area contributed by atoms with Crippen molar-refractivity contribution in [2.24, 2.45) is 19.1 Å². The molecule has 0 amide bonds. The highest BCUT2D eigenvalue weighted by atomic mass is 35.5. The summed E-state index contributed by atoms with van der Waals surface area (Å²) in [5.74, 6) is 1.76. The Morgan fingerprint density at radius 3 is 1.53 bits per heavy atom. The monoisotopic (exact) mass is 1170 g/mol. The van der Waals surface area contributed by atoms with Gasteiger partial charge in [0, 0.05) is 51.5 Å². The van der Waals surface area contributed by atoms with E-state index in [9.17, 15) is 45.5 Å². The Bertz CT molecular complexity index is 4040. The Kier molecular flexibility index (Phi) is 18.5. The van der Waals surface area contributed by atoms with Gasteiger partial charge in [0.15, 0.2) is 11.2 Å². The summed E-state index contributed by atoms with van der Waals surface area (Å²) in [6, 6.07) is 32.9. The second kappa shape index (κ2) is 25.7. The fraction of sp³-hybridized carbons (Fsp3) is 0.254. The SMILES string of the molecule is COc1ccc(Cn2c(=O)c3c(n(C)c2=O)N=C(Cc2cccc(OC(F)(F)F)c2)C3)cc1.COc1ccc(Cn2c(=O)c3c(nc(Cc4cccc(OC(F)(F)F)c4)n3Cc3ccc(C)cn3)n(C)c2=O)cc1.Cc1ccc(CCl)nc1. The highest BCUT2D eigenvalue weighted by Crippen LogP contribution is 2.28. The van der Waals surface area contributed by atoms with Gasteiger partial charge in [0.2, 0.25) is 0 Å². The molecule has 83 heavy (non-hydrogen) atoms. The van der Waals surface area contributed by atoms with Gasteiger partial charge in [-0.25, -0.2) is 19.6 Å². The predicted octanol–water partition coefficient (Wildman–Crippen LogP) is 9.70. The second-order valence-corrected chi connectivity index (χ2v) is 19.4. The minimum Gasteiger partial charge on any atom is -0.497 e. The van der Waals surface area contributed by atoms with Crippen molar-refractivity contribution in [3.8, 4) is 23.0 Å². The van der Waals surface area contributed by atoms with Crippen LogP contribution in [0.4, 0.5) is 32.2 Å². The van der Waals surface area contributed by atoms with E-state index in [4.69, 9.17) is 21.1 Å². The molecule has 10 rings (SSSR count). The van der Waals surface area contributed by atoms with Crippen LogP contribution in [0.3, 0.4) is 0 Å². The van der Waals surface area contributed by atoms with E-state index in [2.05, 4.69) is 29.4 Å². The van der Waals surface area contributed by atoms with E-state index in [0.29, 0.717) is 51.3 Å². The van der Waals surface area contributed by atoms with Gasteiger partial charge in [-0.05, 0) is 108 Å². The quantitative estimate of drug-likeness (QED) is 0.0704. The molecule has 0 N–H and O–H groups in total. The number of alkyl halides is 7. The normalized spacial score (nSPS) is 11.9. The molecular formula is C59H54ClF6N9O8. The maximum atomic E-state index is 13.9. The van der Waals surface area contributed by atoms with E-state index in [1.807, 2.05) is 44.3 Å². The third-order valence-corrected chi connectivity index (χ3v) is 13.3. The number of aliphatic imine (C=N–C) groups is 1. The number of hydrogen-bond acceptors (Lipinski definition) is 12. The Labute approximate surface area is 474 Å². The van der Waals surface area contributed by atoms with Gasteiger partial charge in [0.25, 0.3) is 11.1 Å². The molecule has 0 unspecified atom stereocenters. The third-order valence-electron chi connectivity index (χ3n) is 13.0. The molecule has 1 aliphatic rings. The van der Waals surface area contributed by atoms with E-state index >= 15 is 0 Å². The van der Waals surface area contributed by atoms with Crippen LogP contribution in [-0.4, -0.2) is 70.4 Å². The molecule has 0 radical (unpaired) electrons. The van der Waals surface area contributed by atoms with Gasteiger partial charge in [-0.3, -0.25) is 37.8 Å². The van der Waals surface area contributed by atoms with Crippen molar-refractivity contribution in [1.82, 2.24) is 37.8 Å². The molecule has 5 aromatic heterocycles. The molecule has 0 saturated carbocycles. The standard InChI is InChI=1S/C29H26F3N5O4.C23H20F3N3O4.C7H8ClN/c1-18-7-10-21(33-15-18)17-36-24(14-20-5-4-6-23(13-20)41-29(30,31)32)34-26-25(36)27(38)37(28(39)35(26)2)16-19-8-11-22(40-3)12-9-19;1-28-20-19(21(30)29(22(28)31)13-14-6-8-17(32-2)9-7-14)12-16(27-20)10-15-4-3-5-18(11-15)33-23(24,25)26;1-6-2-3-7(4-8)9-5-6/h4-13,15H,14,16-17H2,1-3H3;3-9,11H,10,12-13H2,1-2H3;2-3,5H,4H2,1H3. The number of rotatable bonds is 15. The molecule has 6 heterocycles. The van der Waals surface area contributed by atoms with Crippen molar-refractivity contribution in [2.75, 3.05) is 14.2 Å². The summed E-state index contributed by atoms with van der Waals surface area (Å²) in [4.78, 5) is 70.6. The van der Waals surface area contributed by atoms with Crippen molar-refractivity contribution < 1.29 is 45.3 Å². The first-order valence-electron chi connectivity index (χ1n) is 25.4. The topological polar surface area (TPSA) is 181 Å². The van der Waals surface area contributed by atoms with Crippen LogP contribution in [0.2, 0.25) is 0 Å². The van der Waals surface area contributed by atoms with Crippen LogP contribution >= 0.6 is 11.6 Å². The lowest BCUT2D eigenvalue weighted by Crippen LogP contribution is -2.40. The minimum atomic E-state index is -4.84. The van der Waals surface area contributed by atoms with E-state index in [0.717, 1.165) is 31.5 Å². The number of methoxy groups -OCH3 is 2. The van der Waals surface area contributed by atoms with Gasteiger partial charge in [-0.1, -0.05) is 60.7 Å². The highest BCUT2D eigenvalue weighted by molar-refractivity contribution is 6.16. The highest BCUT2D eigenvalue weighted by Gasteiger charge is 2.32. The van der Waals surface area contributed by atoms with Gasteiger partial charge in [-0.15, -0.1) is 37.9 Å². The number of ether oxygens (including phenoxy) is 4. The van der Waals surface area contributed by atoms with E-state index < -0.39 is 35.2 Å². The Morgan fingerprint density at radius 1 is 0.554 bits per heavy atom. The lowest BCUT2D eigenvalue weighted by molar-refractivity contribution is -0.275. The molecule has 1 aliphatic heterocycles. The maximum absolute atomic E-state index is 13.9. The van der Waals surface area contributed by atoms with E-state index in [-0.39, 0.29) is 67.4 Å². The van der Waals surface area contributed by atoms with Crippen LogP contribution in [0, 0.1) is 13.8 Å². The number of benzene rings is 4. The fourth-order valence-corrected chi connectivity index (χ4v) is 9.05. The summed E-state index contributed by atoms with van der Waals surface area (Å²) in [6.07, 6.45) is -5.61. The summed E-state index contributed by atoms with van der Waals surface area (Å²) in [5, 5.41) is 0. The molecule has 17 nitrogen and oxygen atoms in total. The molecule has 432 valence electrons. The smallest absolute Gasteiger partial charge is 0.497 e. The zero-order chi connectivity index (χ0) is 59.8. The Hall–Kier alpha value is -9.25. The third kappa shape index (κ3) is 15.2. The summed E-state index contributed by atoms with van der Waals surface area (Å²) in [5.41, 5.74) is 5.47. The molecule has 9 aromatic rings. The van der Waals surface area contributed by atoms with Gasteiger partial charge in [-0.2, -0.15) is 0 Å². The van der Waals surface area contributed by atoms with Crippen molar-refractivity contribution in [3.63, 3.8) is 0 Å². The molecule has 0 spiro atoms. The van der Waals surface area contributed by atoms with Crippen molar-refractivity contribution in [3.05, 3.63) is 232 Å². The number of nitrogens with zero attached hydrogens (tertiary/aromatic N) is 9. The average Bonchev–Trinajstić information content (AvgIpc) is 2.67. The van der Waals surface area contributed by atoms with Crippen LogP contribution in [0.25, 0.3) is 11.2 Å². The van der Waals surface area contributed by atoms with Gasteiger partial charge in [0.1, 0.15) is 34.6 Å². The summed E-state index contributed by atoms with van der Waals surface area (Å²) >= 11 is 5.52. The molecule has 24 heteroatoms. The first-order chi connectivity index (χ1) is 39.5. The molecule has 4 aromatic carbocycles. The molecule has 0 saturated heterocycles. The molecule has 0 atom stereocenters. The number of aryl methyl sites for hydroxylation is 3. The first kappa shape index (κ1) is 59.9. The van der Waals surface area contributed by atoms with Crippen molar-refractivity contribution in [2.45, 2.75) is 71.3 Å². The lowest BCUT2D eigenvalue weighted by atomic mass is 10.0. The molecule has 0 fully saturated rings. The molecule has 0 bridgehead atoms. The van der Waals surface area contributed by atoms with E-state index in [1.54, 1.807) is 85.6 Å². The first-order valence-corrected chi connectivity index (χ1v) is 26.0.